The fourth-order valence-electron chi connectivity index (χ4n) is 2.37. The number of anilines is 1. The second-order valence-corrected chi connectivity index (χ2v) is 4.91. The van der Waals surface area contributed by atoms with E-state index in [9.17, 15) is 15.2 Å². The van der Waals surface area contributed by atoms with Crippen LogP contribution >= 0.6 is 11.6 Å². The van der Waals surface area contributed by atoms with Gasteiger partial charge in [0.2, 0.25) is 0 Å². The van der Waals surface area contributed by atoms with Crippen LogP contribution in [0.3, 0.4) is 0 Å². The molecule has 1 heterocycles. The highest BCUT2D eigenvalue weighted by molar-refractivity contribution is 6.33. The Balaban J connectivity index is 2.32. The largest absolute Gasteiger partial charge is 0.396 e. The standard InChI is InChI=1S/C12H15ClN2O3/c13-10-4-1-5-11(12(10)15(17)18)14-6-2-3-9(7-14)8-16/h1,4-5,9,16H,2-3,6-8H2. The first-order chi connectivity index (χ1) is 8.63. The second-order valence-electron chi connectivity index (χ2n) is 4.50. The van der Waals surface area contributed by atoms with Crippen molar-refractivity contribution in [1.29, 1.82) is 0 Å². The summed E-state index contributed by atoms with van der Waals surface area (Å²) in [6, 6.07) is 4.95. The number of nitro groups is 1. The van der Waals surface area contributed by atoms with Crippen molar-refractivity contribution in [3.05, 3.63) is 33.3 Å². The van der Waals surface area contributed by atoms with Gasteiger partial charge in [0, 0.05) is 19.7 Å². The molecule has 0 saturated carbocycles. The highest BCUT2D eigenvalue weighted by Crippen LogP contribution is 2.36. The topological polar surface area (TPSA) is 66.6 Å². The van der Waals surface area contributed by atoms with E-state index in [2.05, 4.69) is 0 Å². The monoisotopic (exact) mass is 270 g/mol. The Kier molecular flexibility index (Phi) is 4.04. The van der Waals surface area contributed by atoms with Crippen molar-refractivity contribution >= 4 is 23.0 Å². The van der Waals surface area contributed by atoms with Crippen molar-refractivity contribution in [3.63, 3.8) is 0 Å². The predicted octanol–water partition coefficient (Wildman–Crippen LogP) is 2.46. The first-order valence-electron chi connectivity index (χ1n) is 5.92. The highest BCUT2D eigenvalue weighted by Gasteiger charge is 2.26. The van der Waals surface area contributed by atoms with Gasteiger partial charge >= 0.3 is 5.69 Å². The number of piperidine rings is 1. The van der Waals surface area contributed by atoms with Crippen LogP contribution in [-0.2, 0) is 0 Å². The third-order valence-corrected chi connectivity index (χ3v) is 3.57. The third-order valence-electron chi connectivity index (χ3n) is 3.27. The normalized spacial score (nSPS) is 19.9. The molecule has 6 heteroatoms. The summed E-state index contributed by atoms with van der Waals surface area (Å²) in [4.78, 5) is 12.6. The van der Waals surface area contributed by atoms with E-state index in [1.165, 1.54) is 6.07 Å². The maximum absolute atomic E-state index is 11.1. The molecule has 0 radical (unpaired) electrons. The molecule has 1 unspecified atom stereocenters. The molecule has 5 nitrogen and oxygen atoms in total. The molecule has 0 aromatic heterocycles. The molecule has 0 spiro atoms. The highest BCUT2D eigenvalue weighted by atomic mass is 35.5. The summed E-state index contributed by atoms with van der Waals surface area (Å²) in [6.45, 7) is 1.51. The van der Waals surface area contributed by atoms with E-state index in [0.29, 0.717) is 12.2 Å². The van der Waals surface area contributed by atoms with Gasteiger partial charge in [-0.05, 0) is 30.9 Å². The summed E-state index contributed by atoms with van der Waals surface area (Å²) < 4.78 is 0. The van der Waals surface area contributed by atoms with Crippen molar-refractivity contribution in [2.45, 2.75) is 12.8 Å². The molecule has 2 rings (SSSR count). The molecule has 1 atom stereocenters. The number of aliphatic hydroxyl groups is 1. The van der Waals surface area contributed by atoms with Gasteiger partial charge in [0.25, 0.3) is 0 Å². The van der Waals surface area contributed by atoms with Crippen molar-refractivity contribution in [2.75, 3.05) is 24.6 Å². The number of benzene rings is 1. The van der Waals surface area contributed by atoms with Crippen LogP contribution < -0.4 is 4.90 Å². The van der Waals surface area contributed by atoms with Crippen LogP contribution in [0.4, 0.5) is 11.4 Å². The minimum Gasteiger partial charge on any atom is -0.396 e. The van der Waals surface area contributed by atoms with Crippen LogP contribution in [0.25, 0.3) is 0 Å². The van der Waals surface area contributed by atoms with E-state index in [0.717, 1.165) is 19.4 Å². The van der Waals surface area contributed by atoms with Gasteiger partial charge in [-0.2, -0.15) is 0 Å². The second kappa shape index (κ2) is 5.54. The van der Waals surface area contributed by atoms with Crippen LogP contribution in [0.5, 0.6) is 0 Å². The molecular weight excluding hydrogens is 256 g/mol. The van der Waals surface area contributed by atoms with Crippen molar-refractivity contribution < 1.29 is 10.0 Å². The van der Waals surface area contributed by atoms with E-state index >= 15 is 0 Å². The molecule has 1 aliphatic heterocycles. The fraction of sp³-hybridized carbons (Fsp3) is 0.500. The summed E-state index contributed by atoms with van der Waals surface area (Å²) in [6.07, 6.45) is 1.89. The average molecular weight is 271 g/mol. The van der Waals surface area contributed by atoms with Crippen molar-refractivity contribution in [3.8, 4) is 0 Å². The van der Waals surface area contributed by atoms with Gasteiger partial charge in [-0.1, -0.05) is 17.7 Å². The Hall–Kier alpha value is -1.33. The molecule has 0 aliphatic carbocycles. The lowest BCUT2D eigenvalue weighted by molar-refractivity contribution is -0.384. The Morgan fingerprint density at radius 3 is 3.00 bits per heavy atom. The minimum atomic E-state index is -0.444. The van der Waals surface area contributed by atoms with E-state index in [1.54, 1.807) is 12.1 Å². The molecule has 1 aromatic rings. The van der Waals surface area contributed by atoms with Crippen LogP contribution in [-0.4, -0.2) is 29.7 Å². The van der Waals surface area contributed by atoms with Crippen LogP contribution in [0.2, 0.25) is 5.02 Å². The summed E-state index contributed by atoms with van der Waals surface area (Å²) in [5.41, 5.74) is 0.503. The number of aliphatic hydroxyl groups excluding tert-OH is 1. The lowest BCUT2D eigenvalue weighted by Crippen LogP contribution is -2.37. The summed E-state index contributed by atoms with van der Waals surface area (Å²) >= 11 is 5.90. The molecular formula is C12H15ClN2O3. The average Bonchev–Trinajstić information content (AvgIpc) is 2.38. The van der Waals surface area contributed by atoms with E-state index in [1.807, 2.05) is 4.90 Å². The summed E-state index contributed by atoms with van der Waals surface area (Å²) in [5.74, 6) is 0.178. The SMILES string of the molecule is O=[N+]([O-])c1c(Cl)cccc1N1CCCC(CO)C1. The summed E-state index contributed by atoms with van der Waals surface area (Å²) in [7, 11) is 0. The number of hydrogen-bond acceptors (Lipinski definition) is 4. The Morgan fingerprint density at radius 2 is 2.33 bits per heavy atom. The first-order valence-corrected chi connectivity index (χ1v) is 6.30. The maximum Gasteiger partial charge on any atom is 0.310 e. The number of hydrogen-bond donors (Lipinski definition) is 1. The van der Waals surface area contributed by atoms with Gasteiger partial charge in [0.15, 0.2) is 0 Å². The number of halogens is 1. The Labute approximate surface area is 110 Å². The van der Waals surface area contributed by atoms with Crippen LogP contribution in [0, 0.1) is 16.0 Å². The molecule has 1 fully saturated rings. The van der Waals surface area contributed by atoms with E-state index < -0.39 is 4.92 Å². The Morgan fingerprint density at radius 1 is 1.56 bits per heavy atom. The van der Waals surface area contributed by atoms with Crippen molar-refractivity contribution in [2.24, 2.45) is 5.92 Å². The maximum atomic E-state index is 11.1. The van der Waals surface area contributed by atoms with Gasteiger partial charge in [-0.15, -0.1) is 0 Å². The first kappa shape index (κ1) is 13.1. The Bertz CT molecular complexity index is 453. The zero-order valence-electron chi connectivity index (χ0n) is 9.88. The molecule has 0 amide bonds. The number of rotatable bonds is 3. The molecule has 1 aliphatic rings. The zero-order valence-corrected chi connectivity index (χ0v) is 10.6. The summed E-state index contributed by atoms with van der Waals surface area (Å²) in [5, 5.41) is 20.4. The quantitative estimate of drug-likeness (QED) is 0.677. The van der Waals surface area contributed by atoms with Crippen LogP contribution in [0.15, 0.2) is 18.2 Å². The minimum absolute atomic E-state index is 0.0437. The number of nitrogens with zero attached hydrogens (tertiary/aromatic N) is 2. The number of nitro benzene ring substituents is 1. The van der Waals surface area contributed by atoms with E-state index in [-0.39, 0.29) is 23.2 Å². The number of para-hydroxylation sites is 1. The molecule has 18 heavy (non-hydrogen) atoms. The molecule has 1 saturated heterocycles. The predicted molar refractivity (Wildman–Crippen MR) is 70.1 cm³/mol. The molecule has 98 valence electrons. The lowest BCUT2D eigenvalue weighted by atomic mass is 9.98. The molecule has 1 aromatic carbocycles. The van der Waals surface area contributed by atoms with Gasteiger partial charge < -0.3 is 10.0 Å². The fourth-order valence-corrected chi connectivity index (χ4v) is 2.61. The smallest absolute Gasteiger partial charge is 0.310 e. The van der Waals surface area contributed by atoms with E-state index in [4.69, 9.17) is 11.6 Å². The van der Waals surface area contributed by atoms with Crippen LogP contribution in [0.1, 0.15) is 12.8 Å². The molecule has 1 N–H and O–H groups in total. The van der Waals surface area contributed by atoms with Gasteiger partial charge in [-0.25, -0.2) is 0 Å². The lowest BCUT2D eigenvalue weighted by Gasteiger charge is -2.33. The van der Waals surface area contributed by atoms with Crippen molar-refractivity contribution in [1.82, 2.24) is 0 Å². The van der Waals surface area contributed by atoms with Gasteiger partial charge in [0.05, 0.1) is 4.92 Å². The zero-order chi connectivity index (χ0) is 13.1. The molecule has 0 bridgehead atoms. The van der Waals surface area contributed by atoms with Gasteiger partial charge in [-0.3, -0.25) is 10.1 Å². The third kappa shape index (κ3) is 2.57. The van der Waals surface area contributed by atoms with Gasteiger partial charge in [0.1, 0.15) is 10.7 Å².